The Bertz CT molecular complexity index is 372. The monoisotopic (exact) mass is 221 g/mol. The van der Waals surface area contributed by atoms with Gasteiger partial charge in [-0.05, 0) is 11.6 Å². The molecular weight excluding hydrogens is 202 g/mol. The SMILES string of the molecule is COc1cc(CN)ccc1CC(=O)C(C)C. The largest absolute Gasteiger partial charge is 0.496 e. The molecule has 88 valence electrons. The lowest BCUT2D eigenvalue weighted by atomic mass is 9.99. The highest BCUT2D eigenvalue weighted by Gasteiger charge is 2.12. The second kappa shape index (κ2) is 5.66. The summed E-state index contributed by atoms with van der Waals surface area (Å²) in [5.74, 6) is 1.02. The van der Waals surface area contributed by atoms with Crippen LogP contribution in [0.25, 0.3) is 0 Å². The van der Waals surface area contributed by atoms with Gasteiger partial charge in [0.25, 0.3) is 0 Å². The van der Waals surface area contributed by atoms with Crippen molar-refractivity contribution < 1.29 is 9.53 Å². The number of benzene rings is 1. The smallest absolute Gasteiger partial charge is 0.139 e. The molecule has 0 bridgehead atoms. The summed E-state index contributed by atoms with van der Waals surface area (Å²) in [5.41, 5.74) is 7.49. The molecule has 0 heterocycles. The summed E-state index contributed by atoms with van der Waals surface area (Å²) in [6.07, 6.45) is 0.422. The summed E-state index contributed by atoms with van der Waals surface area (Å²) < 4.78 is 5.26. The van der Waals surface area contributed by atoms with E-state index in [-0.39, 0.29) is 11.7 Å². The van der Waals surface area contributed by atoms with E-state index < -0.39 is 0 Å². The van der Waals surface area contributed by atoms with E-state index in [2.05, 4.69) is 0 Å². The highest BCUT2D eigenvalue weighted by molar-refractivity contribution is 5.83. The van der Waals surface area contributed by atoms with E-state index in [1.807, 2.05) is 32.0 Å². The zero-order valence-electron chi connectivity index (χ0n) is 10.1. The lowest BCUT2D eigenvalue weighted by Crippen LogP contribution is -2.11. The molecule has 0 atom stereocenters. The second-order valence-electron chi connectivity index (χ2n) is 4.15. The Morgan fingerprint density at radius 1 is 1.44 bits per heavy atom. The van der Waals surface area contributed by atoms with Crippen LogP contribution in [-0.4, -0.2) is 12.9 Å². The molecule has 0 radical (unpaired) electrons. The summed E-state index contributed by atoms with van der Waals surface area (Å²) in [6, 6.07) is 5.75. The molecule has 0 spiro atoms. The first-order valence-electron chi connectivity index (χ1n) is 5.47. The van der Waals surface area contributed by atoms with Gasteiger partial charge in [-0.3, -0.25) is 4.79 Å². The summed E-state index contributed by atoms with van der Waals surface area (Å²) in [4.78, 5) is 11.7. The van der Waals surface area contributed by atoms with Gasteiger partial charge in [0.2, 0.25) is 0 Å². The first kappa shape index (κ1) is 12.7. The number of carbonyl (C=O) groups excluding carboxylic acids is 1. The van der Waals surface area contributed by atoms with Crippen LogP contribution in [0.15, 0.2) is 18.2 Å². The maximum Gasteiger partial charge on any atom is 0.139 e. The molecule has 0 saturated carbocycles. The van der Waals surface area contributed by atoms with Gasteiger partial charge in [0, 0.05) is 24.4 Å². The lowest BCUT2D eigenvalue weighted by molar-refractivity contribution is -0.121. The molecule has 3 nitrogen and oxygen atoms in total. The van der Waals surface area contributed by atoms with Crippen molar-refractivity contribution in [3.05, 3.63) is 29.3 Å². The molecule has 0 saturated heterocycles. The Balaban J connectivity index is 2.91. The van der Waals surface area contributed by atoms with Gasteiger partial charge >= 0.3 is 0 Å². The third-order valence-electron chi connectivity index (χ3n) is 2.60. The molecule has 0 amide bonds. The number of ether oxygens (including phenoxy) is 1. The zero-order valence-corrected chi connectivity index (χ0v) is 10.1. The van der Waals surface area contributed by atoms with Crippen LogP contribution in [0.5, 0.6) is 5.75 Å². The van der Waals surface area contributed by atoms with Gasteiger partial charge in [0.15, 0.2) is 0 Å². The van der Waals surface area contributed by atoms with Crippen molar-refractivity contribution in [2.24, 2.45) is 11.7 Å². The molecule has 0 aliphatic rings. The molecule has 1 rings (SSSR count). The molecule has 1 aromatic carbocycles. The van der Waals surface area contributed by atoms with Gasteiger partial charge < -0.3 is 10.5 Å². The number of Topliss-reactive ketones (excluding diaryl/α,β-unsaturated/α-hetero) is 1. The van der Waals surface area contributed by atoms with E-state index >= 15 is 0 Å². The molecule has 0 unspecified atom stereocenters. The fraction of sp³-hybridized carbons (Fsp3) is 0.462. The normalized spacial score (nSPS) is 10.6. The molecule has 16 heavy (non-hydrogen) atoms. The first-order valence-corrected chi connectivity index (χ1v) is 5.47. The van der Waals surface area contributed by atoms with Crippen molar-refractivity contribution in [1.29, 1.82) is 0 Å². The van der Waals surface area contributed by atoms with E-state index in [1.165, 1.54) is 0 Å². The van der Waals surface area contributed by atoms with Crippen molar-refractivity contribution in [3.8, 4) is 5.75 Å². The minimum Gasteiger partial charge on any atom is -0.496 e. The number of nitrogens with two attached hydrogens (primary N) is 1. The summed E-state index contributed by atoms with van der Waals surface area (Å²) in [5, 5.41) is 0. The van der Waals surface area contributed by atoms with Crippen LogP contribution in [0.3, 0.4) is 0 Å². The Kier molecular flexibility index (Phi) is 4.50. The highest BCUT2D eigenvalue weighted by Crippen LogP contribution is 2.21. The van der Waals surface area contributed by atoms with E-state index in [0.29, 0.717) is 13.0 Å². The zero-order chi connectivity index (χ0) is 12.1. The second-order valence-corrected chi connectivity index (χ2v) is 4.15. The van der Waals surface area contributed by atoms with Crippen LogP contribution in [0.2, 0.25) is 0 Å². The van der Waals surface area contributed by atoms with Crippen molar-refractivity contribution in [2.45, 2.75) is 26.8 Å². The highest BCUT2D eigenvalue weighted by atomic mass is 16.5. The van der Waals surface area contributed by atoms with Crippen molar-refractivity contribution in [2.75, 3.05) is 7.11 Å². The number of hydrogen-bond acceptors (Lipinski definition) is 3. The maximum absolute atomic E-state index is 11.7. The Labute approximate surface area is 96.6 Å². The molecule has 1 aromatic rings. The summed E-state index contributed by atoms with van der Waals surface area (Å²) in [7, 11) is 1.61. The van der Waals surface area contributed by atoms with Crippen LogP contribution >= 0.6 is 0 Å². The fourth-order valence-corrected chi connectivity index (χ4v) is 1.45. The Morgan fingerprint density at radius 2 is 2.12 bits per heavy atom. The number of carbonyl (C=O) groups is 1. The maximum atomic E-state index is 11.7. The topological polar surface area (TPSA) is 52.3 Å². The molecule has 0 aliphatic heterocycles. The van der Waals surface area contributed by atoms with Gasteiger partial charge in [-0.2, -0.15) is 0 Å². The van der Waals surface area contributed by atoms with Gasteiger partial charge in [0.05, 0.1) is 7.11 Å². The minimum absolute atomic E-state index is 0.0545. The first-order chi connectivity index (χ1) is 7.58. The summed E-state index contributed by atoms with van der Waals surface area (Å²) >= 11 is 0. The standard InChI is InChI=1S/C13H19NO2/c1-9(2)12(15)7-11-5-4-10(8-14)6-13(11)16-3/h4-6,9H,7-8,14H2,1-3H3. The third-order valence-corrected chi connectivity index (χ3v) is 2.60. The minimum atomic E-state index is 0.0545. The molecule has 2 N–H and O–H groups in total. The predicted molar refractivity (Wildman–Crippen MR) is 64.4 cm³/mol. The number of ketones is 1. The lowest BCUT2D eigenvalue weighted by Gasteiger charge is -2.10. The fourth-order valence-electron chi connectivity index (χ4n) is 1.45. The van der Waals surface area contributed by atoms with Crippen LogP contribution < -0.4 is 10.5 Å². The number of methoxy groups -OCH3 is 1. The quantitative estimate of drug-likeness (QED) is 0.826. The van der Waals surface area contributed by atoms with Crippen LogP contribution in [0.4, 0.5) is 0 Å². The van der Waals surface area contributed by atoms with Crippen molar-refractivity contribution >= 4 is 5.78 Å². The van der Waals surface area contributed by atoms with Crippen LogP contribution in [-0.2, 0) is 17.8 Å². The third kappa shape index (κ3) is 3.07. The molecule has 0 aromatic heterocycles. The van der Waals surface area contributed by atoms with Gasteiger partial charge in [-0.1, -0.05) is 26.0 Å². The van der Waals surface area contributed by atoms with Gasteiger partial charge in [-0.15, -0.1) is 0 Å². The van der Waals surface area contributed by atoms with E-state index in [9.17, 15) is 4.79 Å². The van der Waals surface area contributed by atoms with Crippen molar-refractivity contribution in [1.82, 2.24) is 0 Å². The molecule has 0 aliphatic carbocycles. The average molecular weight is 221 g/mol. The molecule has 3 heteroatoms. The molecule has 0 fully saturated rings. The van der Waals surface area contributed by atoms with E-state index in [0.717, 1.165) is 16.9 Å². The average Bonchev–Trinajstić information content (AvgIpc) is 2.29. The van der Waals surface area contributed by atoms with Crippen LogP contribution in [0.1, 0.15) is 25.0 Å². The van der Waals surface area contributed by atoms with Gasteiger partial charge in [-0.25, -0.2) is 0 Å². The Hall–Kier alpha value is -1.35. The van der Waals surface area contributed by atoms with E-state index in [4.69, 9.17) is 10.5 Å². The Morgan fingerprint density at radius 3 is 2.62 bits per heavy atom. The number of rotatable bonds is 5. The van der Waals surface area contributed by atoms with Crippen molar-refractivity contribution in [3.63, 3.8) is 0 Å². The summed E-state index contributed by atoms with van der Waals surface area (Å²) in [6.45, 7) is 4.29. The molecular formula is C13H19NO2. The predicted octanol–water partition coefficient (Wildman–Crippen LogP) is 1.92. The van der Waals surface area contributed by atoms with E-state index in [1.54, 1.807) is 7.11 Å². The number of hydrogen-bond donors (Lipinski definition) is 1. The van der Waals surface area contributed by atoms with Crippen LogP contribution in [0, 0.1) is 5.92 Å². The van der Waals surface area contributed by atoms with Gasteiger partial charge in [0.1, 0.15) is 11.5 Å².